The molecule has 0 saturated heterocycles. The highest BCUT2D eigenvalue weighted by atomic mass is 79.9. The molecule has 0 aromatic carbocycles. The molecule has 0 amide bonds. The highest BCUT2D eigenvalue weighted by Crippen LogP contribution is 2.21. The molecular weight excluding hydrogens is 260 g/mol. The SMILES string of the molecule is CCCC(CBr)CSc1cnccn1. The van der Waals surface area contributed by atoms with Crippen molar-refractivity contribution >= 4 is 27.7 Å². The van der Waals surface area contributed by atoms with Gasteiger partial charge in [0.1, 0.15) is 5.03 Å². The first-order chi connectivity index (χ1) is 6.86. The van der Waals surface area contributed by atoms with Crippen molar-refractivity contribution in [2.24, 2.45) is 5.92 Å². The summed E-state index contributed by atoms with van der Waals surface area (Å²) >= 11 is 5.33. The summed E-state index contributed by atoms with van der Waals surface area (Å²) < 4.78 is 0. The van der Waals surface area contributed by atoms with Crippen molar-refractivity contribution < 1.29 is 0 Å². The molecule has 0 aliphatic rings. The van der Waals surface area contributed by atoms with E-state index in [4.69, 9.17) is 0 Å². The van der Waals surface area contributed by atoms with Crippen molar-refractivity contribution in [3.63, 3.8) is 0 Å². The fourth-order valence-electron chi connectivity index (χ4n) is 1.18. The van der Waals surface area contributed by atoms with Crippen molar-refractivity contribution in [1.29, 1.82) is 0 Å². The molecule has 1 aromatic rings. The zero-order chi connectivity index (χ0) is 10.2. The van der Waals surface area contributed by atoms with Gasteiger partial charge in [0.25, 0.3) is 0 Å². The summed E-state index contributed by atoms with van der Waals surface area (Å²) in [7, 11) is 0. The minimum atomic E-state index is 0.743. The first-order valence-electron chi connectivity index (χ1n) is 4.81. The number of hydrogen-bond acceptors (Lipinski definition) is 3. The second-order valence-electron chi connectivity index (χ2n) is 3.16. The molecule has 0 spiro atoms. The molecule has 0 aliphatic heterocycles. The molecule has 1 atom stereocenters. The van der Waals surface area contributed by atoms with Crippen LogP contribution in [0.25, 0.3) is 0 Å². The largest absolute Gasteiger partial charge is 0.260 e. The van der Waals surface area contributed by atoms with Crippen molar-refractivity contribution in [2.45, 2.75) is 24.8 Å². The molecule has 0 fully saturated rings. The first kappa shape index (κ1) is 12.0. The molecule has 0 aliphatic carbocycles. The van der Waals surface area contributed by atoms with Crippen LogP contribution >= 0.6 is 27.7 Å². The molecule has 1 rings (SSSR count). The third-order valence-corrected chi connectivity index (χ3v) is 3.98. The molecule has 1 unspecified atom stereocenters. The average Bonchev–Trinajstić information content (AvgIpc) is 2.25. The van der Waals surface area contributed by atoms with Crippen LogP contribution in [0, 0.1) is 5.92 Å². The van der Waals surface area contributed by atoms with Gasteiger partial charge in [-0.3, -0.25) is 4.98 Å². The van der Waals surface area contributed by atoms with Crippen LogP contribution in [0.1, 0.15) is 19.8 Å². The molecule has 2 nitrogen and oxygen atoms in total. The van der Waals surface area contributed by atoms with Crippen molar-refractivity contribution in [1.82, 2.24) is 9.97 Å². The van der Waals surface area contributed by atoms with Gasteiger partial charge in [-0.05, 0) is 12.3 Å². The first-order valence-corrected chi connectivity index (χ1v) is 6.92. The summed E-state index contributed by atoms with van der Waals surface area (Å²) in [5, 5.41) is 2.10. The van der Waals surface area contributed by atoms with E-state index in [1.54, 1.807) is 24.2 Å². The van der Waals surface area contributed by atoms with Gasteiger partial charge >= 0.3 is 0 Å². The van der Waals surface area contributed by atoms with E-state index >= 15 is 0 Å². The highest BCUT2D eigenvalue weighted by Gasteiger charge is 2.06. The molecular formula is C10H15BrN2S. The van der Waals surface area contributed by atoms with Crippen LogP contribution in [-0.2, 0) is 0 Å². The molecule has 0 radical (unpaired) electrons. The lowest BCUT2D eigenvalue weighted by atomic mass is 10.1. The molecule has 0 N–H and O–H groups in total. The van der Waals surface area contributed by atoms with E-state index in [0.717, 1.165) is 22.0 Å². The zero-order valence-corrected chi connectivity index (χ0v) is 10.7. The third kappa shape index (κ3) is 4.42. The zero-order valence-electron chi connectivity index (χ0n) is 8.32. The minimum absolute atomic E-state index is 0.743. The van der Waals surface area contributed by atoms with E-state index in [2.05, 4.69) is 32.8 Å². The lowest BCUT2D eigenvalue weighted by molar-refractivity contribution is 0.597. The molecule has 1 aromatic heterocycles. The molecule has 4 heteroatoms. The van der Waals surface area contributed by atoms with Gasteiger partial charge in [0.2, 0.25) is 0 Å². The van der Waals surface area contributed by atoms with Gasteiger partial charge in [0.15, 0.2) is 0 Å². The third-order valence-electron chi connectivity index (χ3n) is 1.92. The van der Waals surface area contributed by atoms with Crippen LogP contribution in [0.15, 0.2) is 23.6 Å². The van der Waals surface area contributed by atoms with Crippen molar-refractivity contribution in [3.05, 3.63) is 18.6 Å². The van der Waals surface area contributed by atoms with Crippen LogP contribution in [0.5, 0.6) is 0 Å². The highest BCUT2D eigenvalue weighted by molar-refractivity contribution is 9.09. The maximum Gasteiger partial charge on any atom is 0.114 e. The number of nitrogens with zero attached hydrogens (tertiary/aromatic N) is 2. The number of halogens is 1. The molecule has 0 bridgehead atoms. The summed E-state index contributed by atoms with van der Waals surface area (Å²) in [5.41, 5.74) is 0. The Kier molecular flexibility index (Phi) is 6.19. The van der Waals surface area contributed by atoms with Gasteiger partial charge in [-0.1, -0.05) is 29.3 Å². The maximum atomic E-state index is 4.23. The van der Waals surface area contributed by atoms with E-state index in [9.17, 15) is 0 Å². The summed E-state index contributed by atoms with van der Waals surface area (Å²) in [6, 6.07) is 0. The lowest BCUT2D eigenvalue weighted by Crippen LogP contribution is -2.04. The summed E-state index contributed by atoms with van der Waals surface area (Å²) in [6.07, 6.45) is 7.79. The van der Waals surface area contributed by atoms with E-state index in [1.165, 1.54) is 12.8 Å². The Bertz CT molecular complexity index is 243. The monoisotopic (exact) mass is 274 g/mol. The second-order valence-corrected chi connectivity index (χ2v) is 4.85. The molecule has 1 heterocycles. The predicted octanol–water partition coefficient (Wildman–Crippen LogP) is 3.38. The van der Waals surface area contributed by atoms with E-state index in [0.29, 0.717) is 0 Å². The molecule has 78 valence electrons. The summed E-state index contributed by atoms with van der Waals surface area (Å²) in [4.78, 5) is 8.27. The molecule has 14 heavy (non-hydrogen) atoms. The Labute approximate surface area is 98.1 Å². The number of alkyl halides is 1. The fraction of sp³-hybridized carbons (Fsp3) is 0.600. The summed E-state index contributed by atoms with van der Waals surface area (Å²) in [6.45, 7) is 2.22. The Balaban J connectivity index is 2.32. The normalized spacial score (nSPS) is 12.7. The smallest absolute Gasteiger partial charge is 0.114 e. The average molecular weight is 275 g/mol. The van der Waals surface area contributed by atoms with Crippen molar-refractivity contribution in [2.75, 3.05) is 11.1 Å². The number of hydrogen-bond donors (Lipinski definition) is 0. The number of thioether (sulfide) groups is 1. The maximum absolute atomic E-state index is 4.23. The van der Waals surface area contributed by atoms with Crippen LogP contribution in [-0.4, -0.2) is 21.1 Å². The Morgan fingerprint density at radius 3 is 2.93 bits per heavy atom. The Morgan fingerprint density at radius 1 is 1.50 bits per heavy atom. The van der Waals surface area contributed by atoms with Gasteiger partial charge in [0, 0.05) is 23.5 Å². The standard InChI is InChI=1S/C10H15BrN2S/c1-2-3-9(6-11)8-14-10-7-12-4-5-13-10/h4-5,7,9H,2-3,6,8H2,1H3. The van der Waals surface area contributed by atoms with Crippen LogP contribution < -0.4 is 0 Å². The van der Waals surface area contributed by atoms with E-state index in [-0.39, 0.29) is 0 Å². The van der Waals surface area contributed by atoms with Crippen molar-refractivity contribution in [3.8, 4) is 0 Å². The Morgan fingerprint density at radius 2 is 2.36 bits per heavy atom. The topological polar surface area (TPSA) is 25.8 Å². The second kappa shape index (κ2) is 7.23. The van der Waals surface area contributed by atoms with E-state index in [1.807, 2.05) is 6.20 Å². The Hall–Kier alpha value is -0.0900. The van der Waals surface area contributed by atoms with Gasteiger partial charge in [-0.25, -0.2) is 4.98 Å². The predicted molar refractivity (Wildman–Crippen MR) is 64.9 cm³/mol. The fourth-order valence-corrected chi connectivity index (χ4v) is 2.99. The van der Waals surface area contributed by atoms with E-state index < -0.39 is 0 Å². The van der Waals surface area contributed by atoms with Gasteiger partial charge in [0.05, 0.1) is 6.20 Å². The van der Waals surface area contributed by atoms with Crippen LogP contribution in [0.2, 0.25) is 0 Å². The summed E-state index contributed by atoms with van der Waals surface area (Å²) in [5.74, 6) is 1.87. The molecule has 0 saturated carbocycles. The number of aromatic nitrogens is 2. The number of rotatable bonds is 6. The van der Waals surface area contributed by atoms with Crippen LogP contribution in [0.3, 0.4) is 0 Å². The van der Waals surface area contributed by atoms with Crippen LogP contribution in [0.4, 0.5) is 0 Å². The van der Waals surface area contributed by atoms with Gasteiger partial charge < -0.3 is 0 Å². The lowest BCUT2D eigenvalue weighted by Gasteiger charge is -2.11. The quantitative estimate of drug-likeness (QED) is 0.588. The minimum Gasteiger partial charge on any atom is -0.260 e. The van der Waals surface area contributed by atoms with Gasteiger partial charge in [-0.15, -0.1) is 11.8 Å². The van der Waals surface area contributed by atoms with Gasteiger partial charge in [-0.2, -0.15) is 0 Å².